The molecule has 25 heavy (non-hydrogen) atoms. The zero-order valence-electron chi connectivity index (χ0n) is 13.3. The Morgan fingerprint density at radius 3 is 2.72 bits per heavy atom. The van der Waals surface area contributed by atoms with E-state index in [1.807, 2.05) is 0 Å². The van der Waals surface area contributed by atoms with Crippen LogP contribution in [-0.4, -0.2) is 41.9 Å². The SMILES string of the molecule is O=S(=O)(Cc1ccccc1F)N1CCCC(Oc2ncc(Br)cn2)C1. The van der Waals surface area contributed by atoms with Crippen molar-refractivity contribution in [2.45, 2.75) is 24.7 Å². The zero-order chi connectivity index (χ0) is 17.9. The van der Waals surface area contributed by atoms with Gasteiger partial charge in [0.05, 0.1) is 16.8 Å². The lowest BCUT2D eigenvalue weighted by Gasteiger charge is -2.31. The molecule has 1 aliphatic rings. The van der Waals surface area contributed by atoms with Crippen LogP contribution in [0.5, 0.6) is 6.01 Å². The van der Waals surface area contributed by atoms with Crippen molar-refractivity contribution in [3.8, 4) is 6.01 Å². The van der Waals surface area contributed by atoms with Crippen molar-refractivity contribution in [1.29, 1.82) is 0 Å². The molecule has 0 saturated carbocycles. The van der Waals surface area contributed by atoms with Gasteiger partial charge in [-0.3, -0.25) is 0 Å². The summed E-state index contributed by atoms with van der Waals surface area (Å²) in [5, 5.41) is 0. The third-order valence-corrected chi connectivity index (χ3v) is 6.10. The van der Waals surface area contributed by atoms with Crippen LogP contribution in [0.25, 0.3) is 0 Å². The monoisotopic (exact) mass is 429 g/mol. The molecule has 0 spiro atoms. The fourth-order valence-electron chi connectivity index (χ4n) is 2.67. The van der Waals surface area contributed by atoms with E-state index in [1.54, 1.807) is 18.5 Å². The molecule has 134 valence electrons. The van der Waals surface area contributed by atoms with E-state index < -0.39 is 15.8 Å². The molecule has 6 nitrogen and oxygen atoms in total. The van der Waals surface area contributed by atoms with Crippen molar-refractivity contribution < 1.29 is 17.5 Å². The van der Waals surface area contributed by atoms with Crippen LogP contribution in [0.2, 0.25) is 0 Å². The Morgan fingerprint density at radius 2 is 2.00 bits per heavy atom. The molecule has 1 fully saturated rings. The Labute approximate surface area is 154 Å². The van der Waals surface area contributed by atoms with Gasteiger partial charge in [0.2, 0.25) is 10.0 Å². The number of nitrogens with zero attached hydrogens (tertiary/aromatic N) is 3. The van der Waals surface area contributed by atoms with Crippen LogP contribution in [0.15, 0.2) is 41.1 Å². The summed E-state index contributed by atoms with van der Waals surface area (Å²) in [5.74, 6) is -0.875. The molecule has 1 unspecified atom stereocenters. The highest BCUT2D eigenvalue weighted by Crippen LogP contribution is 2.21. The van der Waals surface area contributed by atoms with E-state index in [0.717, 1.165) is 4.47 Å². The average molecular weight is 430 g/mol. The van der Waals surface area contributed by atoms with Gasteiger partial charge in [-0.15, -0.1) is 0 Å². The first-order valence-corrected chi connectivity index (χ1v) is 10.2. The molecule has 2 heterocycles. The molecule has 0 radical (unpaired) electrons. The molecule has 1 saturated heterocycles. The molecule has 1 aromatic carbocycles. The van der Waals surface area contributed by atoms with Crippen LogP contribution in [-0.2, 0) is 15.8 Å². The summed E-state index contributed by atoms with van der Waals surface area (Å²) in [6.45, 7) is 0.605. The van der Waals surface area contributed by atoms with E-state index in [2.05, 4.69) is 25.9 Å². The maximum Gasteiger partial charge on any atom is 0.316 e. The van der Waals surface area contributed by atoms with E-state index in [1.165, 1.54) is 22.5 Å². The van der Waals surface area contributed by atoms with E-state index in [4.69, 9.17) is 4.74 Å². The summed E-state index contributed by atoms with van der Waals surface area (Å²) in [5.41, 5.74) is 0.168. The summed E-state index contributed by atoms with van der Waals surface area (Å²) in [7, 11) is -3.63. The van der Waals surface area contributed by atoms with Crippen molar-refractivity contribution in [1.82, 2.24) is 14.3 Å². The Bertz CT molecular complexity index is 833. The minimum Gasteiger partial charge on any atom is -0.459 e. The smallest absolute Gasteiger partial charge is 0.316 e. The molecule has 0 aliphatic carbocycles. The Kier molecular flexibility index (Phi) is 5.65. The van der Waals surface area contributed by atoms with Crippen molar-refractivity contribution >= 4 is 26.0 Å². The Balaban J connectivity index is 1.67. The first kappa shape index (κ1) is 18.2. The van der Waals surface area contributed by atoms with Crippen LogP contribution in [0.1, 0.15) is 18.4 Å². The lowest BCUT2D eigenvalue weighted by Crippen LogP contribution is -2.45. The summed E-state index contributed by atoms with van der Waals surface area (Å²) in [4.78, 5) is 8.08. The molecule has 0 amide bonds. The number of hydrogen-bond acceptors (Lipinski definition) is 5. The topological polar surface area (TPSA) is 72.4 Å². The summed E-state index contributed by atoms with van der Waals surface area (Å²) in [6.07, 6.45) is 4.18. The van der Waals surface area contributed by atoms with Crippen molar-refractivity contribution in [3.05, 3.63) is 52.5 Å². The zero-order valence-corrected chi connectivity index (χ0v) is 15.7. The highest BCUT2D eigenvalue weighted by molar-refractivity contribution is 9.10. The first-order valence-electron chi connectivity index (χ1n) is 7.79. The second kappa shape index (κ2) is 7.76. The van der Waals surface area contributed by atoms with Gasteiger partial charge in [-0.05, 0) is 34.8 Å². The number of aromatic nitrogens is 2. The van der Waals surface area contributed by atoms with Crippen molar-refractivity contribution in [2.75, 3.05) is 13.1 Å². The molecular formula is C16H17BrFN3O3S. The number of hydrogen-bond donors (Lipinski definition) is 0. The molecule has 2 aromatic rings. The molecular weight excluding hydrogens is 413 g/mol. The molecule has 1 aromatic heterocycles. The largest absolute Gasteiger partial charge is 0.459 e. The van der Waals surface area contributed by atoms with Crippen LogP contribution in [0.3, 0.4) is 0 Å². The summed E-state index contributed by atoms with van der Waals surface area (Å²) in [6, 6.07) is 6.12. The van der Waals surface area contributed by atoms with E-state index >= 15 is 0 Å². The van der Waals surface area contributed by atoms with Gasteiger partial charge in [0.15, 0.2) is 0 Å². The predicted molar refractivity (Wildman–Crippen MR) is 94.0 cm³/mol. The highest BCUT2D eigenvalue weighted by atomic mass is 79.9. The van der Waals surface area contributed by atoms with Gasteiger partial charge in [0.1, 0.15) is 11.9 Å². The van der Waals surface area contributed by atoms with Gasteiger partial charge in [-0.1, -0.05) is 18.2 Å². The average Bonchev–Trinajstić information content (AvgIpc) is 2.59. The number of piperidine rings is 1. The first-order chi connectivity index (χ1) is 11.9. The lowest BCUT2D eigenvalue weighted by molar-refractivity contribution is 0.119. The van der Waals surface area contributed by atoms with Gasteiger partial charge >= 0.3 is 6.01 Å². The summed E-state index contributed by atoms with van der Waals surface area (Å²) < 4.78 is 46.8. The highest BCUT2D eigenvalue weighted by Gasteiger charge is 2.31. The second-order valence-electron chi connectivity index (χ2n) is 5.77. The van der Waals surface area contributed by atoms with Crippen LogP contribution in [0.4, 0.5) is 4.39 Å². The number of sulfonamides is 1. The van der Waals surface area contributed by atoms with E-state index in [-0.39, 0.29) is 30.0 Å². The van der Waals surface area contributed by atoms with Crippen LogP contribution in [0, 0.1) is 5.82 Å². The maximum absolute atomic E-state index is 13.8. The predicted octanol–water partition coefficient (Wildman–Crippen LogP) is 2.75. The van der Waals surface area contributed by atoms with Gasteiger partial charge in [-0.25, -0.2) is 22.8 Å². The Hall–Kier alpha value is -1.58. The van der Waals surface area contributed by atoms with Crippen LogP contribution >= 0.6 is 15.9 Å². The molecule has 9 heteroatoms. The molecule has 0 N–H and O–H groups in total. The third-order valence-electron chi connectivity index (χ3n) is 3.90. The standard InChI is InChI=1S/C16H17BrFN3O3S/c17-13-8-19-16(20-9-13)24-14-5-3-7-21(10-14)25(22,23)11-12-4-1-2-6-15(12)18/h1-2,4,6,8-9,14H,3,5,7,10-11H2. The quantitative estimate of drug-likeness (QED) is 0.730. The van der Waals surface area contributed by atoms with Crippen molar-refractivity contribution in [2.24, 2.45) is 0 Å². The van der Waals surface area contributed by atoms with E-state index in [0.29, 0.717) is 19.4 Å². The number of rotatable bonds is 5. The fourth-order valence-corrected chi connectivity index (χ4v) is 4.48. The van der Waals surface area contributed by atoms with E-state index in [9.17, 15) is 12.8 Å². The second-order valence-corrected chi connectivity index (χ2v) is 8.66. The van der Waals surface area contributed by atoms with Gasteiger partial charge in [-0.2, -0.15) is 4.31 Å². The number of benzene rings is 1. The number of halogens is 2. The third kappa shape index (κ3) is 4.74. The van der Waals surface area contributed by atoms with Gasteiger partial charge < -0.3 is 4.74 Å². The minimum atomic E-state index is -3.63. The molecule has 1 atom stereocenters. The van der Waals surface area contributed by atoms with Gasteiger partial charge in [0, 0.05) is 24.5 Å². The molecule has 1 aliphatic heterocycles. The van der Waals surface area contributed by atoms with Crippen LogP contribution < -0.4 is 4.74 Å². The fraction of sp³-hybridized carbons (Fsp3) is 0.375. The lowest BCUT2D eigenvalue weighted by atomic mass is 10.1. The normalized spacial score (nSPS) is 18.9. The molecule has 3 rings (SSSR count). The minimum absolute atomic E-state index is 0.168. The maximum atomic E-state index is 13.8. The summed E-state index contributed by atoms with van der Waals surface area (Å²) >= 11 is 3.24. The van der Waals surface area contributed by atoms with Crippen molar-refractivity contribution in [3.63, 3.8) is 0 Å². The Morgan fingerprint density at radius 1 is 1.28 bits per heavy atom. The number of ether oxygens (including phenoxy) is 1. The van der Waals surface area contributed by atoms with Gasteiger partial charge in [0.25, 0.3) is 0 Å². The molecule has 0 bridgehead atoms.